The zero-order valence-corrected chi connectivity index (χ0v) is 16.5. The molecule has 0 aliphatic carbocycles. The van der Waals surface area contributed by atoms with Crippen molar-refractivity contribution in [1.29, 1.82) is 0 Å². The molecule has 0 spiro atoms. The van der Waals surface area contributed by atoms with Gasteiger partial charge in [0.15, 0.2) is 0 Å². The third kappa shape index (κ3) is 5.24. The molecule has 1 atom stereocenters. The normalized spacial score (nSPS) is 15.6. The molecule has 3 rings (SSSR count). The minimum Gasteiger partial charge on any atom is -0.497 e. The van der Waals surface area contributed by atoms with Crippen LogP contribution in [0.25, 0.3) is 0 Å². The van der Waals surface area contributed by atoms with Crippen molar-refractivity contribution in [2.45, 2.75) is 12.5 Å². The van der Waals surface area contributed by atoms with Gasteiger partial charge in [-0.2, -0.15) is 0 Å². The van der Waals surface area contributed by atoms with Crippen molar-refractivity contribution in [3.8, 4) is 11.5 Å². The quantitative estimate of drug-likeness (QED) is 0.758. The van der Waals surface area contributed by atoms with Crippen molar-refractivity contribution >= 4 is 5.91 Å². The topological polar surface area (TPSA) is 60.0 Å². The molecule has 2 aromatic rings. The Hall–Kier alpha value is -2.57. The van der Waals surface area contributed by atoms with Crippen molar-refractivity contribution in [3.05, 3.63) is 59.7 Å². The first-order valence-corrected chi connectivity index (χ1v) is 9.55. The highest BCUT2D eigenvalue weighted by Gasteiger charge is 2.23. The predicted molar refractivity (Wildman–Crippen MR) is 108 cm³/mol. The van der Waals surface area contributed by atoms with Crippen molar-refractivity contribution in [2.75, 3.05) is 47.1 Å². The lowest BCUT2D eigenvalue weighted by atomic mass is 10.0. The van der Waals surface area contributed by atoms with E-state index in [1.54, 1.807) is 14.2 Å². The molecule has 28 heavy (non-hydrogen) atoms. The third-order valence-electron chi connectivity index (χ3n) is 5.02. The molecule has 6 heteroatoms. The highest BCUT2D eigenvalue weighted by Crippen LogP contribution is 2.24. The van der Waals surface area contributed by atoms with E-state index in [1.165, 1.54) is 0 Å². The summed E-state index contributed by atoms with van der Waals surface area (Å²) in [6, 6.07) is 15.7. The zero-order chi connectivity index (χ0) is 19.8. The van der Waals surface area contributed by atoms with Crippen molar-refractivity contribution in [3.63, 3.8) is 0 Å². The van der Waals surface area contributed by atoms with Gasteiger partial charge in [0.2, 0.25) is 5.91 Å². The van der Waals surface area contributed by atoms with E-state index >= 15 is 0 Å². The Morgan fingerprint density at radius 2 is 1.79 bits per heavy atom. The first-order valence-electron chi connectivity index (χ1n) is 9.55. The lowest BCUT2D eigenvalue weighted by Crippen LogP contribution is -2.44. The molecule has 1 aliphatic heterocycles. The summed E-state index contributed by atoms with van der Waals surface area (Å²) in [5, 5.41) is 3.10. The van der Waals surface area contributed by atoms with Crippen molar-refractivity contribution < 1.29 is 19.0 Å². The summed E-state index contributed by atoms with van der Waals surface area (Å²) in [7, 11) is 3.28. The fourth-order valence-electron chi connectivity index (χ4n) is 3.47. The first-order chi connectivity index (χ1) is 13.7. The molecule has 150 valence electrons. The van der Waals surface area contributed by atoms with Gasteiger partial charge in [-0.15, -0.1) is 0 Å². The predicted octanol–water partition coefficient (Wildman–Crippen LogP) is 2.44. The molecule has 1 unspecified atom stereocenters. The number of rotatable bonds is 8. The number of morpholine rings is 1. The van der Waals surface area contributed by atoms with E-state index < -0.39 is 0 Å². The number of hydrogen-bond acceptors (Lipinski definition) is 5. The van der Waals surface area contributed by atoms with Crippen LogP contribution in [0.15, 0.2) is 48.5 Å². The van der Waals surface area contributed by atoms with Crippen molar-refractivity contribution in [1.82, 2.24) is 10.2 Å². The number of ether oxygens (including phenoxy) is 3. The van der Waals surface area contributed by atoms with E-state index in [9.17, 15) is 4.79 Å². The van der Waals surface area contributed by atoms with Crippen LogP contribution in [0.5, 0.6) is 11.5 Å². The molecule has 0 bridgehead atoms. The Morgan fingerprint density at radius 1 is 1.07 bits per heavy atom. The lowest BCUT2D eigenvalue weighted by Gasteiger charge is -2.35. The molecule has 2 aromatic carbocycles. The van der Waals surface area contributed by atoms with Crippen LogP contribution in [0.1, 0.15) is 17.2 Å². The summed E-state index contributed by atoms with van der Waals surface area (Å²) in [6.07, 6.45) is 0.294. The van der Waals surface area contributed by atoms with Gasteiger partial charge in [-0.05, 0) is 23.8 Å². The number of carbonyl (C=O) groups is 1. The number of amides is 1. The Morgan fingerprint density at radius 3 is 2.46 bits per heavy atom. The number of methoxy groups -OCH3 is 2. The fraction of sp³-hybridized carbons (Fsp3) is 0.409. The Kier molecular flexibility index (Phi) is 7.28. The molecular weight excluding hydrogens is 356 g/mol. The molecule has 0 aromatic heterocycles. The van der Waals surface area contributed by atoms with E-state index in [0.717, 1.165) is 35.7 Å². The standard InChI is InChI=1S/C22H28N2O4/c1-26-19-9-7-17(8-10-19)20(24-11-13-28-14-12-24)16-23-22(25)15-18-5-3-4-6-21(18)27-2/h3-10,20H,11-16H2,1-2H3,(H,23,25). The second kappa shape index (κ2) is 10.1. The summed E-state index contributed by atoms with van der Waals surface area (Å²) in [5.74, 6) is 1.54. The fourth-order valence-corrected chi connectivity index (χ4v) is 3.47. The Labute approximate surface area is 166 Å². The molecule has 1 saturated heterocycles. The Bertz CT molecular complexity index is 757. The van der Waals surface area contributed by atoms with Gasteiger partial charge >= 0.3 is 0 Å². The molecule has 1 fully saturated rings. The van der Waals surface area contributed by atoms with Crippen LogP contribution < -0.4 is 14.8 Å². The average Bonchev–Trinajstić information content (AvgIpc) is 2.75. The first kappa shape index (κ1) is 20.2. The summed E-state index contributed by atoms with van der Waals surface area (Å²) in [6.45, 7) is 3.65. The van der Waals surface area contributed by atoms with E-state index in [2.05, 4.69) is 22.3 Å². The third-order valence-corrected chi connectivity index (χ3v) is 5.02. The molecule has 1 amide bonds. The van der Waals surface area contributed by atoms with E-state index in [-0.39, 0.29) is 11.9 Å². The van der Waals surface area contributed by atoms with E-state index in [4.69, 9.17) is 14.2 Å². The van der Waals surface area contributed by atoms with Gasteiger partial charge < -0.3 is 19.5 Å². The van der Waals surface area contributed by atoms with Crippen LogP contribution in [0, 0.1) is 0 Å². The number of nitrogens with zero attached hydrogens (tertiary/aromatic N) is 1. The van der Waals surface area contributed by atoms with Crippen LogP contribution in [0.4, 0.5) is 0 Å². The lowest BCUT2D eigenvalue weighted by molar-refractivity contribution is -0.120. The minimum atomic E-state index is -0.0173. The second-order valence-corrected chi connectivity index (χ2v) is 6.73. The molecule has 6 nitrogen and oxygen atoms in total. The maximum Gasteiger partial charge on any atom is 0.224 e. The summed E-state index contributed by atoms with van der Waals surface area (Å²) < 4.78 is 16.1. The molecule has 1 heterocycles. The monoisotopic (exact) mass is 384 g/mol. The van der Waals surface area contributed by atoms with E-state index in [1.807, 2.05) is 36.4 Å². The molecule has 0 radical (unpaired) electrons. The van der Waals surface area contributed by atoms with Gasteiger partial charge in [0.25, 0.3) is 0 Å². The molecule has 0 saturated carbocycles. The number of nitrogens with one attached hydrogen (secondary N) is 1. The molecule has 1 N–H and O–H groups in total. The van der Waals surface area contributed by atoms with Gasteiger partial charge in [0.1, 0.15) is 11.5 Å². The average molecular weight is 384 g/mol. The highest BCUT2D eigenvalue weighted by molar-refractivity contribution is 5.79. The van der Waals surface area contributed by atoms with Crippen LogP contribution in [0.3, 0.4) is 0 Å². The number of para-hydroxylation sites is 1. The zero-order valence-electron chi connectivity index (χ0n) is 16.5. The van der Waals surface area contributed by atoms with Crippen LogP contribution in [0.2, 0.25) is 0 Å². The number of benzene rings is 2. The largest absolute Gasteiger partial charge is 0.497 e. The smallest absolute Gasteiger partial charge is 0.224 e. The minimum absolute atomic E-state index is 0.0173. The maximum absolute atomic E-state index is 12.6. The summed E-state index contributed by atoms with van der Waals surface area (Å²) in [5.41, 5.74) is 2.04. The number of carbonyl (C=O) groups excluding carboxylic acids is 1. The van der Waals surface area contributed by atoms with Crippen LogP contribution >= 0.6 is 0 Å². The number of hydrogen-bond donors (Lipinski definition) is 1. The SMILES string of the molecule is COc1ccc(C(CNC(=O)Cc2ccccc2OC)N2CCOCC2)cc1. The van der Waals surface area contributed by atoms with Gasteiger partial charge in [-0.3, -0.25) is 9.69 Å². The second-order valence-electron chi connectivity index (χ2n) is 6.73. The van der Waals surface area contributed by atoms with Crippen molar-refractivity contribution in [2.24, 2.45) is 0 Å². The summed E-state index contributed by atoms with van der Waals surface area (Å²) >= 11 is 0. The van der Waals surface area contributed by atoms with Gasteiger partial charge in [0.05, 0.1) is 39.9 Å². The van der Waals surface area contributed by atoms with Crippen LogP contribution in [-0.4, -0.2) is 57.9 Å². The van der Waals surface area contributed by atoms with Crippen LogP contribution in [-0.2, 0) is 16.0 Å². The maximum atomic E-state index is 12.6. The molecule has 1 aliphatic rings. The van der Waals surface area contributed by atoms with E-state index in [0.29, 0.717) is 26.2 Å². The van der Waals surface area contributed by atoms with Gasteiger partial charge in [-0.1, -0.05) is 30.3 Å². The van der Waals surface area contributed by atoms with Gasteiger partial charge in [-0.25, -0.2) is 0 Å². The highest BCUT2D eigenvalue weighted by atomic mass is 16.5. The summed E-state index contributed by atoms with van der Waals surface area (Å²) in [4.78, 5) is 14.9. The molecular formula is C22H28N2O4. The van der Waals surface area contributed by atoms with Gasteiger partial charge in [0, 0.05) is 25.2 Å². The Balaban J connectivity index is 1.67.